The molecule has 1 atom stereocenters. The summed E-state index contributed by atoms with van der Waals surface area (Å²) in [6.45, 7) is 2.00. The Kier molecular flexibility index (Phi) is 4.20. The number of nitrogens with two attached hydrogens (primary N) is 1. The van der Waals surface area contributed by atoms with Gasteiger partial charge in [-0.3, -0.25) is 0 Å². The highest BCUT2D eigenvalue weighted by molar-refractivity contribution is 5.96. The van der Waals surface area contributed by atoms with Gasteiger partial charge in [-0.05, 0) is 25.0 Å². The van der Waals surface area contributed by atoms with Crippen LogP contribution in [0.15, 0.2) is 42.6 Å². The number of nitrogens with zero attached hydrogens (tertiary/aromatic N) is 1. The van der Waals surface area contributed by atoms with Crippen molar-refractivity contribution in [3.63, 3.8) is 0 Å². The maximum atomic E-state index is 11.0. The van der Waals surface area contributed by atoms with Crippen LogP contribution in [0.4, 0.5) is 11.5 Å². The Hall–Kier alpha value is -2.56. The molecule has 0 aliphatic rings. The second-order valence-corrected chi connectivity index (χ2v) is 4.66. The molecular formula is C15H17N3O2. The Morgan fingerprint density at radius 3 is 2.70 bits per heavy atom. The maximum Gasteiger partial charge on any atom is 0.337 e. The van der Waals surface area contributed by atoms with Gasteiger partial charge in [0.1, 0.15) is 5.82 Å². The SMILES string of the molecule is CC(Cc1ccccc1)Nc1nccc(C(=O)O)c1N. The average molecular weight is 271 g/mol. The van der Waals surface area contributed by atoms with Gasteiger partial charge in [0.15, 0.2) is 0 Å². The van der Waals surface area contributed by atoms with E-state index in [2.05, 4.69) is 10.3 Å². The van der Waals surface area contributed by atoms with Crippen molar-refractivity contribution < 1.29 is 9.90 Å². The van der Waals surface area contributed by atoms with Gasteiger partial charge < -0.3 is 16.2 Å². The van der Waals surface area contributed by atoms with Crippen LogP contribution >= 0.6 is 0 Å². The van der Waals surface area contributed by atoms with E-state index in [1.54, 1.807) is 0 Å². The number of nitrogens with one attached hydrogen (secondary N) is 1. The lowest BCUT2D eigenvalue weighted by Crippen LogP contribution is -2.20. The van der Waals surface area contributed by atoms with Gasteiger partial charge in [0.2, 0.25) is 0 Å². The molecular weight excluding hydrogens is 254 g/mol. The largest absolute Gasteiger partial charge is 0.478 e. The molecule has 2 aromatic rings. The summed E-state index contributed by atoms with van der Waals surface area (Å²) in [6.07, 6.45) is 2.25. The first-order valence-corrected chi connectivity index (χ1v) is 6.36. The molecule has 4 N–H and O–H groups in total. The van der Waals surface area contributed by atoms with Gasteiger partial charge in [0.05, 0.1) is 11.3 Å². The molecule has 20 heavy (non-hydrogen) atoms. The average Bonchev–Trinajstić information content (AvgIpc) is 2.42. The number of hydrogen-bond acceptors (Lipinski definition) is 4. The first kappa shape index (κ1) is 13.9. The smallest absolute Gasteiger partial charge is 0.337 e. The van der Waals surface area contributed by atoms with E-state index in [1.807, 2.05) is 37.3 Å². The minimum Gasteiger partial charge on any atom is -0.478 e. The molecule has 2 rings (SSSR count). The van der Waals surface area contributed by atoms with Crippen LogP contribution in [0.25, 0.3) is 0 Å². The highest BCUT2D eigenvalue weighted by atomic mass is 16.4. The van der Waals surface area contributed by atoms with Crippen molar-refractivity contribution >= 4 is 17.5 Å². The van der Waals surface area contributed by atoms with Crippen molar-refractivity contribution in [1.82, 2.24) is 4.98 Å². The van der Waals surface area contributed by atoms with E-state index >= 15 is 0 Å². The van der Waals surface area contributed by atoms with E-state index in [0.717, 1.165) is 6.42 Å². The second-order valence-electron chi connectivity index (χ2n) is 4.66. The molecule has 104 valence electrons. The number of pyridine rings is 1. The Balaban J connectivity index is 2.10. The molecule has 5 heteroatoms. The lowest BCUT2D eigenvalue weighted by atomic mass is 10.1. The zero-order valence-electron chi connectivity index (χ0n) is 11.2. The number of rotatable bonds is 5. The number of carbonyl (C=O) groups is 1. The molecule has 0 amide bonds. The zero-order valence-corrected chi connectivity index (χ0v) is 11.2. The van der Waals surface area contributed by atoms with Gasteiger partial charge in [-0.15, -0.1) is 0 Å². The summed E-state index contributed by atoms with van der Waals surface area (Å²) in [5.41, 5.74) is 7.25. The lowest BCUT2D eigenvalue weighted by molar-refractivity contribution is 0.0698. The van der Waals surface area contributed by atoms with Gasteiger partial charge >= 0.3 is 5.97 Å². The summed E-state index contributed by atoms with van der Waals surface area (Å²) in [5.74, 6) is -0.642. The first-order chi connectivity index (χ1) is 9.58. The third kappa shape index (κ3) is 3.26. The molecule has 0 radical (unpaired) electrons. The van der Waals surface area contributed by atoms with Crippen LogP contribution in [0.2, 0.25) is 0 Å². The minimum absolute atomic E-state index is 0.0643. The molecule has 1 aromatic carbocycles. The monoisotopic (exact) mass is 271 g/mol. The fraction of sp³-hybridized carbons (Fsp3) is 0.200. The predicted molar refractivity (Wildman–Crippen MR) is 78.8 cm³/mol. The van der Waals surface area contributed by atoms with E-state index in [-0.39, 0.29) is 17.3 Å². The summed E-state index contributed by atoms with van der Waals surface area (Å²) in [5, 5.41) is 12.2. The second kappa shape index (κ2) is 6.06. The first-order valence-electron chi connectivity index (χ1n) is 6.36. The highest BCUT2D eigenvalue weighted by Crippen LogP contribution is 2.21. The number of carboxylic acid groups (broad SMARTS) is 1. The van der Waals surface area contributed by atoms with Gasteiger partial charge in [-0.1, -0.05) is 30.3 Å². The number of hydrogen-bond donors (Lipinski definition) is 3. The standard InChI is InChI=1S/C15H17N3O2/c1-10(9-11-5-3-2-4-6-11)18-14-13(16)12(15(19)20)7-8-17-14/h2-8,10H,9,16H2,1H3,(H,17,18)(H,19,20). The Morgan fingerprint density at radius 1 is 1.35 bits per heavy atom. The van der Waals surface area contributed by atoms with Crippen LogP contribution in [-0.4, -0.2) is 22.1 Å². The van der Waals surface area contributed by atoms with Crippen molar-refractivity contribution in [3.8, 4) is 0 Å². The summed E-state index contributed by atoms with van der Waals surface area (Å²) in [6, 6.07) is 11.5. The van der Waals surface area contributed by atoms with E-state index in [1.165, 1.54) is 17.8 Å². The van der Waals surface area contributed by atoms with Crippen LogP contribution in [-0.2, 0) is 6.42 Å². The number of anilines is 2. The van der Waals surface area contributed by atoms with Crippen molar-refractivity contribution in [2.45, 2.75) is 19.4 Å². The number of nitrogen functional groups attached to an aromatic ring is 1. The molecule has 0 saturated carbocycles. The fourth-order valence-electron chi connectivity index (χ4n) is 2.03. The highest BCUT2D eigenvalue weighted by Gasteiger charge is 2.13. The molecule has 1 heterocycles. The third-order valence-corrected chi connectivity index (χ3v) is 2.99. The summed E-state index contributed by atoms with van der Waals surface area (Å²) >= 11 is 0. The molecule has 0 spiro atoms. The van der Waals surface area contributed by atoms with E-state index in [0.29, 0.717) is 5.82 Å². The molecule has 1 unspecified atom stereocenters. The molecule has 0 aliphatic heterocycles. The lowest BCUT2D eigenvalue weighted by Gasteiger charge is -2.16. The summed E-state index contributed by atoms with van der Waals surface area (Å²) in [7, 11) is 0. The molecule has 0 bridgehead atoms. The Labute approximate surface area is 117 Å². The van der Waals surface area contributed by atoms with E-state index in [9.17, 15) is 4.79 Å². The normalized spacial score (nSPS) is 11.8. The van der Waals surface area contributed by atoms with Crippen molar-refractivity contribution in [1.29, 1.82) is 0 Å². The van der Waals surface area contributed by atoms with Crippen LogP contribution < -0.4 is 11.1 Å². The quantitative estimate of drug-likeness (QED) is 0.777. The number of carboxylic acids is 1. The Bertz CT molecular complexity index is 599. The van der Waals surface area contributed by atoms with Gasteiger partial charge in [-0.25, -0.2) is 9.78 Å². The minimum atomic E-state index is -1.05. The fourth-order valence-corrected chi connectivity index (χ4v) is 2.03. The van der Waals surface area contributed by atoms with Gasteiger partial charge in [-0.2, -0.15) is 0 Å². The van der Waals surface area contributed by atoms with Crippen LogP contribution in [0, 0.1) is 0 Å². The molecule has 1 aromatic heterocycles. The molecule has 0 fully saturated rings. The number of aromatic nitrogens is 1. The topological polar surface area (TPSA) is 88.2 Å². The predicted octanol–water partition coefficient (Wildman–Crippen LogP) is 2.41. The van der Waals surface area contributed by atoms with Crippen LogP contribution in [0.5, 0.6) is 0 Å². The Morgan fingerprint density at radius 2 is 2.05 bits per heavy atom. The van der Waals surface area contributed by atoms with Gasteiger partial charge in [0.25, 0.3) is 0 Å². The number of aromatic carboxylic acids is 1. The van der Waals surface area contributed by atoms with E-state index < -0.39 is 5.97 Å². The van der Waals surface area contributed by atoms with Gasteiger partial charge in [0, 0.05) is 12.2 Å². The number of benzene rings is 1. The zero-order chi connectivity index (χ0) is 14.5. The van der Waals surface area contributed by atoms with Crippen LogP contribution in [0.3, 0.4) is 0 Å². The van der Waals surface area contributed by atoms with Crippen molar-refractivity contribution in [2.75, 3.05) is 11.1 Å². The van der Waals surface area contributed by atoms with Crippen LogP contribution in [0.1, 0.15) is 22.8 Å². The molecule has 0 aliphatic carbocycles. The molecule has 0 saturated heterocycles. The third-order valence-electron chi connectivity index (χ3n) is 2.99. The summed E-state index contributed by atoms with van der Waals surface area (Å²) < 4.78 is 0. The molecule has 5 nitrogen and oxygen atoms in total. The summed E-state index contributed by atoms with van der Waals surface area (Å²) in [4.78, 5) is 15.1. The van der Waals surface area contributed by atoms with Crippen molar-refractivity contribution in [2.24, 2.45) is 0 Å². The van der Waals surface area contributed by atoms with Crippen molar-refractivity contribution in [3.05, 3.63) is 53.7 Å². The maximum absolute atomic E-state index is 11.0. The van der Waals surface area contributed by atoms with E-state index in [4.69, 9.17) is 10.8 Å².